The molecule has 0 aliphatic carbocycles. The summed E-state index contributed by atoms with van der Waals surface area (Å²) in [5.41, 5.74) is 8.34. The second-order valence-electron chi connectivity index (χ2n) is 7.15. The van der Waals surface area contributed by atoms with Crippen LogP contribution >= 0.6 is 0 Å². The highest BCUT2D eigenvalue weighted by molar-refractivity contribution is 5.80. The molecule has 0 spiro atoms. The van der Waals surface area contributed by atoms with Crippen molar-refractivity contribution in [1.29, 1.82) is 0 Å². The van der Waals surface area contributed by atoms with E-state index in [2.05, 4.69) is 61.5 Å². The molecule has 4 aromatic rings. The number of nitrogens with zero attached hydrogens (tertiary/aromatic N) is 4. The molecule has 136 valence electrons. The first-order chi connectivity index (χ1) is 12.9. The maximum Gasteiger partial charge on any atom is 0.197 e. The number of nitrogens with one attached hydrogen (secondary N) is 1. The highest BCUT2D eigenvalue weighted by Gasteiger charge is 2.15. The van der Waals surface area contributed by atoms with E-state index >= 15 is 0 Å². The van der Waals surface area contributed by atoms with Crippen molar-refractivity contribution in [2.24, 2.45) is 0 Å². The highest BCUT2D eigenvalue weighted by atomic mass is 15.3. The quantitative estimate of drug-likeness (QED) is 0.554. The Balaban J connectivity index is 1.91. The van der Waals surface area contributed by atoms with Crippen LogP contribution in [0.15, 0.2) is 42.5 Å². The van der Waals surface area contributed by atoms with Crippen LogP contribution < -0.4 is 5.32 Å². The second kappa shape index (κ2) is 6.50. The van der Waals surface area contributed by atoms with Crippen molar-refractivity contribution in [3.63, 3.8) is 0 Å². The van der Waals surface area contributed by atoms with E-state index in [1.54, 1.807) is 0 Å². The lowest BCUT2D eigenvalue weighted by atomic mass is 10.1. The van der Waals surface area contributed by atoms with Crippen molar-refractivity contribution in [2.75, 3.05) is 5.32 Å². The van der Waals surface area contributed by atoms with Crippen LogP contribution in [0.2, 0.25) is 0 Å². The van der Waals surface area contributed by atoms with Crippen molar-refractivity contribution >= 4 is 22.5 Å². The van der Waals surface area contributed by atoms with E-state index < -0.39 is 0 Å². The molecular formula is C22H23N5. The van der Waals surface area contributed by atoms with Gasteiger partial charge in [-0.3, -0.25) is 0 Å². The Morgan fingerprint density at radius 2 is 1.59 bits per heavy atom. The van der Waals surface area contributed by atoms with Gasteiger partial charge in [-0.25, -0.2) is 14.6 Å². The predicted molar refractivity (Wildman–Crippen MR) is 110 cm³/mol. The SMILES string of the molecule is Cc1ccc2nc(Nc3ccc(C)c(C)c3)c(-n3nc(C)cc3C)nc2c1. The molecular weight excluding hydrogens is 334 g/mol. The minimum atomic E-state index is 0.695. The van der Waals surface area contributed by atoms with Crippen LogP contribution in [0.5, 0.6) is 0 Å². The molecule has 2 aromatic heterocycles. The molecule has 27 heavy (non-hydrogen) atoms. The van der Waals surface area contributed by atoms with Gasteiger partial charge in [0.25, 0.3) is 0 Å². The lowest BCUT2D eigenvalue weighted by molar-refractivity contribution is 0.808. The van der Waals surface area contributed by atoms with Gasteiger partial charge in [0, 0.05) is 11.4 Å². The summed E-state index contributed by atoms with van der Waals surface area (Å²) < 4.78 is 1.85. The fourth-order valence-corrected chi connectivity index (χ4v) is 3.19. The number of aryl methyl sites for hydroxylation is 5. The van der Waals surface area contributed by atoms with Gasteiger partial charge in [-0.05, 0) is 81.6 Å². The molecule has 0 amide bonds. The number of benzene rings is 2. The van der Waals surface area contributed by atoms with Gasteiger partial charge in [0.15, 0.2) is 11.6 Å². The zero-order valence-corrected chi connectivity index (χ0v) is 16.3. The number of fused-ring (bicyclic) bond motifs is 1. The summed E-state index contributed by atoms with van der Waals surface area (Å²) in [5, 5.41) is 8.07. The van der Waals surface area contributed by atoms with Gasteiger partial charge >= 0.3 is 0 Å². The Labute approximate surface area is 159 Å². The van der Waals surface area contributed by atoms with Crippen LogP contribution in [0.25, 0.3) is 16.9 Å². The van der Waals surface area contributed by atoms with Crippen molar-refractivity contribution in [3.05, 3.63) is 70.5 Å². The van der Waals surface area contributed by atoms with E-state index in [1.165, 1.54) is 11.1 Å². The average molecular weight is 357 g/mol. The lowest BCUT2D eigenvalue weighted by Crippen LogP contribution is -2.09. The average Bonchev–Trinajstić information content (AvgIpc) is 2.96. The normalized spacial score (nSPS) is 11.1. The van der Waals surface area contributed by atoms with E-state index in [9.17, 15) is 0 Å². The number of anilines is 2. The predicted octanol–water partition coefficient (Wildman–Crippen LogP) is 5.10. The molecule has 1 N–H and O–H groups in total. The zero-order chi connectivity index (χ0) is 19.1. The molecule has 0 aliphatic heterocycles. The van der Waals surface area contributed by atoms with Gasteiger partial charge in [0.1, 0.15) is 0 Å². The fraction of sp³-hybridized carbons (Fsp3) is 0.227. The third-order valence-corrected chi connectivity index (χ3v) is 4.78. The first kappa shape index (κ1) is 17.2. The topological polar surface area (TPSA) is 55.6 Å². The van der Waals surface area contributed by atoms with Gasteiger partial charge in [-0.1, -0.05) is 12.1 Å². The Kier molecular flexibility index (Phi) is 4.15. The summed E-state index contributed by atoms with van der Waals surface area (Å²) in [5.74, 6) is 1.40. The Morgan fingerprint density at radius 3 is 2.30 bits per heavy atom. The van der Waals surface area contributed by atoms with Crippen LogP contribution in [0.4, 0.5) is 11.5 Å². The molecule has 0 radical (unpaired) electrons. The summed E-state index contributed by atoms with van der Waals surface area (Å²) in [4.78, 5) is 9.75. The summed E-state index contributed by atoms with van der Waals surface area (Å²) in [6, 6.07) is 14.5. The number of rotatable bonds is 3. The fourth-order valence-electron chi connectivity index (χ4n) is 3.19. The minimum absolute atomic E-state index is 0.695. The third kappa shape index (κ3) is 3.28. The molecule has 5 heteroatoms. The molecule has 0 saturated heterocycles. The summed E-state index contributed by atoms with van der Waals surface area (Å²) in [6.45, 7) is 10.3. The van der Waals surface area contributed by atoms with Crippen LogP contribution in [-0.4, -0.2) is 19.7 Å². The number of hydrogen-bond donors (Lipinski definition) is 1. The van der Waals surface area contributed by atoms with Crippen molar-refractivity contribution < 1.29 is 0 Å². The first-order valence-corrected chi connectivity index (χ1v) is 9.07. The van der Waals surface area contributed by atoms with Crippen molar-refractivity contribution in [1.82, 2.24) is 19.7 Å². The molecule has 2 heterocycles. The number of hydrogen-bond acceptors (Lipinski definition) is 4. The molecule has 5 nitrogen and oxygen atoms in total. The lowest BCUT2D eigenvalue weighted by Gasteiger charge is -2.14. The van der Waals surface area contributed by atoms with Gasteiger partial charge in [-0.2, -0.15) is 5.10 Å². The van der Waals surface area contributed by atoms with E-state index in [0.29, 0.717) is 11.6 Å². The van der Waals surface area contributed by atoms with Gasteiger partial charge in [0.2, 0.25) is 0 Å². The highest BCUT2D eigenvalue weighted by Crippen LogP contribution is 2.26. The smallest absolute Gasteiger partial charge is 0.197 e. The second-order valence-corrected chi connectivity index (χ2v) is 7.15. The molecule has 0 fully saturated rings. The first-order valence-electron chi connectivity index (χ1n) is 9.07. The Morgan fingerprint density at radius 1 is 0.778 bits per heavy atom. The Bertz CT molecular complexity index is 1160. The van der Waals surface area contributed by atoms with E-state index in [-0.39, 0.29) is 0 Å². The van der Waals surface area contributed by atoms with Crippen LogP contribution in [0.1, 0.15) is 28.1 Å². The van der Waals surface area contributed by atoms with E-state index in [1.807, 2.05) is 30.7 Å². The van der Waals surface area contributed by atoms with Crippen molar-refractivity contribution in [3.8, 4) is 5.82 Å². The maximum absolute atomic E-state index is 4.89. The van der Waals surface area contributed by atoms with Gasteiger partial charge < -0.3 is 5.32 Å². The van der Waals surface area contributed by atoms with Gasteiger partial charge in [-0.15, -0.1) is 0 Å². The monoisotopic (exact) mass is 357 g/mol. The summed E-state index contributed by atoms with van der Waals surface area (Å²) in [7, 11) is 0. The minimum Gasteiger partial charge on any atom is -0.337 e. The molecule has 0 bridgehead atoms. The van der Waals surface area contributed by atoms with Crippen LogP contribution in [0.3, 0.4) is 0 Å². The largest absolute Gasteiger partial charge is 0.337 e. The Hall–Kier alpha value is -3.21. The maximum atomic E-state index is 4.89. The third-order valence-electron chi connectivity index (χ3n) is 4.78. The van der Waals surface area contributed by atoms with Crippen LogP contribution in [0, 0.1) is 34.6 Å². The standard InChI is InChI=1S/C22H23N5/c1-13-6-9-19-20(10-13)25-22(27-17(5)12-16(4)26-27)21(24-19)23-18-8-7-14(2)15(3)11-18/h6-12H,1-5H3,(H,23,24). The molecule has 4 rings (SSSR count). The molecule has 0 saturated carbocycles. The number of aromatic nitrogens is 4. The van der Waals surface area contributed by atoms with E-state index in [4.69, 9.17) is 9.97 Å². The summed E-state index contributed by atoms with van der Waals surface area (Å²) in [6.07, 6.45) is 0. The zero-order valence-electron chi connectivity index (χ0n) is 16.3. The van der Waals surface area contributed by atoms with Gasteiger partial charge in [0.05, 0.1) is 16.7 Å². The van der Waals surface area contributed by atoms with Crippen LogP contribution in [-0.2, 0) is 0 Å². The molecule has 2 aromatic carbocycles. The molecule has 0 atom stereocenters. The molecule has 0 aliphatic rings. The van der Waals surface area contributed by atoms with E-state index in [0.717, 1.165) is 33.7 Å². The summed E-state index contributed by atoms with van der Waals surface area (Å²) >= 11 is 0. The molecule has 0 unspecified atom stereocenters. The van der Waals surface area contributed by atoms with Crippen molar-refractivity contribution in [2.45, 2.75) is 34.6 Å².